The van der Waals surface area contributed by atoms with Gasteiger partial charge in [-0.25, -0.2) is 13.1 Å². The SMILES string of the molecule is Cc1cc(C#N)ccc1S(=O)(=O)NCC1NCCc2ccccc21.Cl. The maximum Gasteiger partial charge on any atom is 0.240 e. The summed E-state index contributed by atoms with van der Waals surface area (Å²) >= 11 is 0. The summed E-state index contributed by atoms with van der Waals surface area (Å²) in [5, 5.41) is 12.3. The standard InChI is InChI=1S/C18H19N3O2S.ClH/c1-13-10-14(11-19)6-7-18(13)24(22,23)21-12-17-16-5-3-2-4-15(16)8-9-20-17;/h2-7,10,17,20-21H,8-9,12H2,1H3;1H. The highest BCUT2D eigenvalue weighted by atomic mass is 35.5. The summed E-state index contributed by atoms with van der Waals surface area (Å²) < 4.78 is 27.9. The number of nitriles is 1. The van der Waals surface area contributed by atoms with Crippen LogP contribution in [0.2, 0.25) is 0 Å². The van der Waals surface area contributed by atoms with E-state index in [1.807, 2.05) is 24.3 Å². The van der Waals surface area contributed by atoms with E-state index in [0.717, 1.165) is 18.5 Å². The second-order valence-electron chi connectivity index (χ2n) is 5.90. The lowest BCUT2D eigenvalue weighted by Gasteiger charge is -2.27. The van der Waals surface area contributed by atoms with Crippen molar-refractivity contribution in [2.24, 2.45) is 0 Å². The first-order valence-corrected chi connectivity index (χ1v) is 9.31. The molecule has 0 radical (unpaired) electrons. The number of sulfonamides is 1. The monoisotopic (exact) mass is 377 g/mol. The summed E-state index contributed by atoms with van der Waals surface area (Å²) in [6, 6.07) is 14.7. The predicted octanol–water partition coefficient (Wildman–Crippen LogP) is 2.45. The van der Waals surface area contributed by atoms with Gasteiger partial charge in [0.1, 0.15) is 0 Å². The first kappa shape index (κ1) is 19.4. The third-order valence-electron chi connectivity index (χ3n) is 4.29. The number of benzene rings is 2. The molecule has 5 nitrogen and oxygen atoms in total. The van der Waals surface area contributed by atoms with Gasteiger partial charge in [0.05, 0.1) is 16.5 Å². The Morgan fingerprint density at radius 2 is 2.04 bits per heavy atom. The second kappa shape index (κ2) is 7.98. The van der Waals surface area contributed by atoms with Gasteiger partial charge < -0.3 is 5.32 Å². The predicted molar refractivity (Wildman–Crippen MR) is 99.2 cm³/mol. The Balaban J connectivity index is 0.00000225. The zero-order valence-electron chi connectivity index (χ0n) is 13.8. The van der Waals surface area contributed by atoms with E-state index in [9.17, 15) is 8.42 Å². The molecule has 3 rings (SSSR count). The summed E-state index contributed by atoms with van der Waals surface area (Å²) in [5.41, 5.74) is 3.42. The van der Waals surface area contributed by atoms with E-state index in [4.69, 9.17) is 5.26 Å². The first-order chi connectivity index (χ1) is 11.5. The molecule has 1 atom stereocenters. The number of nitrogens with one attached hydrogen (secondary N) is 2. The van der Waals surface area contributed by atoms with Crippen molar-refractivity contribution >= 4 is 22.4 Å². The fourth-order valence-corrected chi connectivity index (χ4v) is 4.34. The van der Waals surface area contributed by atoms with E-state index in [2.05, 4.69) is 16.1 Å². The van der Waals surface area contributed by atoms with Crippen LogP contribution in [0.4, 0.5) is 0 Å². The molecule has 0 amide bonds. The molecular weight excluding hydrogens is 358 g/mol. The molecule has 132 valence electrons. The molecule has 1 aliphatic heterocycles. The fourth-order valence-electron chi connectivity index (χ4n) is 3.07. The van der Waals surface area contributed by atoms with Gasteiger partial charge >= 0.3 is 0 Å². The average Bonchev–Trinajstić information content (AvgIpc) is 2.59. The van der Waals surface area contributed by atoms with Crippen molar-refractivity contribution in [1.29, 1.82) is 5.26 Å². The van der Waals surface area contributed by atoms with Crippen molar-refractivity contribution in [2.45, 2.75) is 24.3 Å². The number of aryl methyl sites for hydroxylation is 1. The normalized spacial score (nSPS) is 16.4. The van der Waals surface area contributed by atoms with E-state index < -0.39 is 10.0 Å². The Hall–Kier alpha value is -1.91. The highest BCUT2D eigenvalue weighted by molar-refractivity contribution is 7.89. The van der Waals surface area contributed by atoms with Crippen LogP contribution in [0.1, 0.15) is 28.3 Å². The van der Waals surface area contributed by atoms with E-state index in [0.29, 0.717) is 17.7 Å². The number of nitrogens with zero attached hydrogens (tertiary/aromatic N) is 1. The maximum absolute atomic E-state index is 12.6. The molecule has 2 N–H and O–H groups in total. The Morgan fingerprint density at radius 1 is 1.28 bits per heavy atom. The largest absolute Gasteiger partial charge is 0.308 e. The maximum atomic E-state index is 12.6. The average molecular weight is 378 g/mol. The molecule has 0 aromatic heterocycles. The summed E-state index contributed by atoms with van der Waals surface area (Å²) in [6.07, 6.45) is 0.953. The van der Waals surface area contributed by atoms with Crippen molar-refractivity contribution in [3.05, 3.63) is 64.7 Å². The smallest absolute Gasteiger partial charge is 0.240 e. The second-order valence-corrected chi connectivity index (χ2v) is 7.63. The van der Waals surface area contributed by atoms with Crippen LogP contribution in [0.25, 0.3) is 0 Å². The topological polar surface area (TPSA) is 82.0 Å². The minimum Gasteiger partial charge on any atom is -0.308 e. The van der Waals surface area contributed by atoms with Crippen LogP contribution in [0, 0.1) is 18.3 Å². The van der Waals surface area contributed by atoms with Gasteiger partial charge in [0, 0.05) is 12.6 Å². The van der Waals surface area contributed by atoms with Gasteiger partial charge in [-0.2, -0.15) is 5.26 Å². The number of fused-ring (bicyclic) bond motifs is 1. The van der Waals surface area contributed by atoms with Crippen LogP contribution in [-0.4, -0.2) is 21.5 Å². The number of hydrogen-bond donors (Lipinski definition) is 2. The van der Waals surface area contributed by atoms with Crippen LogP contribution in [-0.2, 0) is 16.4 Å². The van der Waals surface area contributed by atoms with E-state index in [1.54, 1.807) is 13.0 Å². The fraction of sp³-hybridized carbons (Fsp3) is 0.278. The Morgan fingerprint density at radius 3 is 2.76 bits per heavy atom. The van der Waals surface area contributed by atoms with E-state index in [-0.39, 0.29) is 23.3 Å². The van der Waals surface area contributed by atoms with E-state index >= 15 is 0 Å². The zero-order valence-corrected chi connectivity index (χ0v) is 15.5. The first-order valence-electron chi connectivity index (χ1n) is 7.83. The van der Waals surface area contributed by atoms with Crippen molar-refractivity contribution < 1.29 is 8.42 Å². The molecule has 2 aromatic rings. The number of halogens is 1. The summed E-state index contributed by atoms with van der Waals surface area (Å²) in [6.45, 7) is 2.82. The highest BCUT2D eigenvalue weighted by Crippen LogP contribution is 2.23. The van der Waals surface area contributed by atoms with E-state index in [1.165, 1.54) is 17.7 Å². The number of rotatable bonds is 4. The molecule has 1 unspecified atom stereocenters. The van der Waals surface area contributed by atoms with Gasteiger partial charge in [-0.1, -0.05) is 24.3 Å². The highest BCUT2D eigenvalue weighted by Gasteiger charge is 2.23. The third kappa shape index (κ3) is 4.20. The van der Waals surface area contributed by atoms with Crippen LogP contribution in [0.3, 0.4) is 0 Å². The third-order valence-corrected chi connectivity index (χ3v) is 5.87. The Kier molecular flexibility index (Phi) is 6.20. The molecule has 0 fully saturated rings. The molecule has 7 heteroatoms. The van der Waals surface area contributed by atoms with Crippen molar-refractivity contribution in [3.63, 3.8) is 0 Å². The number of hydrogen-bond acceptors (Lipinski definition) is 4. The summed E-state index contributed by atoms with van der Waals surface area (Å²) in [4.78, 5) is 0.214. The van der Waals surface area contributed by atoms with Gasteiger partial charge in [-0.3, -0.25) is 0 Å². The molecule has 2 aromatic carbocycles. The van der Waals surface area contributed by atoms with Gasteiger partial charge in [0.15, 0.2) is 0 Å². The van der Waals surface area contributed by atoms with Crippen LogP contribution in [0.15, 0.2) is 47.4 Å². The molecule has 0 spiro atoms. The van der Waals surface area contributed by atoms with Crippen LogP contribution >= 0.6 is 12.4 Å². The molecule has 0 aliphatic carbocycles. The summed E-state index contributed by atoms with van der Waals surface area (Å²) in [7, 11) is -3.62. The Bertz CT molecular complexity index is 907. The molecule has 0 saturated carbocycles. The van der Waals surface area contributed by atoms with Crippen molar-refractivity contribution in [1.82, 2.24) is 10.0 Å². The minimum atomic E-state index is -3.62. The molecular formula is C18H20ClN3O2S. The molecule has 1 heterocycles. The lowest BCUT2D eigenvalue weighted by molar-refractivity contribution is 0.491. The van der Waals surface area contributed by atoms with Gasteiger partial charge in [0.2, 0.25) is 10.0 Å². The molecule has 0 bridgehead atoms. The Labute approximate surface area is 154 Å². The van der Waals surface area contributed by atoms with Crippen LogP contribution < -0.4 is 10.0 Å². The zero-order chi connectivity index (χ0) is 17.2. The minimum absolute atomic E-state index is 0. The quantitative estimate of drug-likeness (QED) is 0.857. The summed E-state index contributed by atoms with van der Waals surface area (Å²) in [5.74, 6) is 0. The van der Waals surface area contributed by atoms with Crippen molar-refractivity contribution in [2.75, 3.05) is 13.1 Å². The van der Waals surface area contributed by atoms with Crippen LogP contribution in [0.5, 0.6) is 0 Å². The van der Waals surface area contributed by atoms with Crippen molar-refractivity contribution in [3.8, 4) is 6.07 Å². The van der Waals surface area contributed by atoms with Gasteiger partial charge in [-0.15, -0.1) is 12.4 Å². The van der Waals surface area contributed by atoms with Gasteiger partial charge in [-0.05, 0) is 54.8 Å². The lowest BCUT2D eigenvalue weighted by Crippen LogP contribution is -2.39. The van der Waals surface area contributed by atoms with Gasteiger partial charge in [0.25, 0.3) is 0 Å². The lowest BCUT2D eigenvalue weighted by atomic mass is 9.95. The molecule has 25 heavy (non-hydrogen) atoms. The molecule has 0 saturated heterocycles. The molecule has 1 aliphatic rings.